The van der Waals surface area contributed by atoms with Gasteiger partial charge in [0.1, 0.15) is 5.75 Å². The number of ether oxygens (including phenoxy) is 1. The number of hydrogen-bond acceptors (Lipinski definition) is 1. The lowest BCUT2D eigenvalue weighted by Gasteiger charge is -2.07. The third-order valence-electron chi connectivity index (χ3n) is 4.49. The summed E-state index contributed by atoms with van der Waals surface area (Å²) in [6.07, 6.45) is 18.1. The molecule has 0 aliphatic rings. The molecule has 0 fully saturated rings. The molecule has 1 aromatic carbocycles. The lowest BCUT2D eigenvalue weighted by atomic mass is 10.0. The Hall–Kier alpha value is -0.980. The minimum absolute atomic E-state index is 1.05. The summed E-state index contributed by atoms with van der Waals surface area (Å²) in [4.78, 5) is 0. The maximum atomic E-state index is 5.40. The SMILES string of the molecule is CCCCCCCCCCCCCCc1ccccc1OC. The molecule has 0 N–H and O–H groups in total. The summed E-state index contributed by atoms with van der Waals surface area (Å²) in [6, 6.07) is 8.41. The monoisotopic (exact) mass is 304 g/mol. The highest BCUT2D eigenvalue weighted by Crippen LogP contribution is 2.20. The molecule has 0 atom stereocenters. The summed E-state index contributed by atoms with van der Waals surface area (Å²) < 4.78 is 5.40. The first-order chi connectivity index (χ1) is 10.9. The van der Waals surface area contributed by atoms with Gasteiger partial charge >= 0.3 is 0 Å². The highest BCUT2D eigenvalue weighted by molar-refractivity contribution is 5.33. The van der Waals surface area contributed by atoms with Gasteiger partial charge in [0, 0.05) is 0 Å². The molecule has 0 aromatic heterocycles. The lowest BCUT2D eigenvalue weighted by molar-refractivity contribution is 0.408. The van der Waals surface area contributed by atoms with Crippen LogP contribution < -0.4 is 4.74 Å². The Bertz CT molecular complexity index is 359. The Kier molecular flexibility index (Phi) is 11.8. The van der Waals surface area contributed by atoms with E-state index in [0.29, 0.717) is 0 Å². The van der Waals surface area contributed by atoms with Crippen LogP contribution in [0.15, 0.2) is 24.3 Å². The van der Waals surface area contributed by atoms with Crippen LogP contribution in [0.3, 0.4) is 0 Å². The zero-order valence-electron chi connectivity index (χ0n) is 14.9. The molecule has 0 spiro atoms. The third kappa shape index (κ3) is 9.12. The Morgan fingerprint density at radius 2 is 1.18 bits per heavy atom. The van der Waals surface area contributed by atoms with E-state index in [1.807, 2.05) is 6.07 Å². The van der Waals surface area contributed by atoms with Crippen molar-refractivity contribution in [2.75, 3.05) is 7.11 Å². The normalized spacial score (nSPS) is 10.8. The second kappa shape index (κ2) is 13.7. The fraction of sp³-hybridized carbons (Fsp3) is 0.714. The van der Waals surface area contributed by atoms with Crippen LogP contribution in [0, 0.1) is 0 Å². The van der Waals surface area contributed by atoms with Gasteiger partial charge in [0.15, 0.2) is 0 Å². The van der Waals surface area contributed by atoms with Gasteiger partial charge in [0.05, 0.1) is 7.11 Å². The van der Waals surface area contributed by atoms with Crippen LogP contribution in [0.2, 0.25) is 0 Å². The van der Waals surface area contributed by atoms with Gasteiger partial charge < -0.3 is 4.74 Å². The minimum Gasteiger partial charge on any atom is -0.496 e. The topological polar surface area (TPSA) is 9.23 Å². The van der Waals surface area contributed by atoms with E-state index in [2.05, 4.69) is 25.1 Å². The smallest absolute Gasteiger partial charge is 0.122 e. The first-order valence-electron chi connectivity index (χ1n) is 9.50. The van der Waals surface area contributed by atoms with Crippen LogP contribution in [-0.4, -0.2) is 7.11 Å². The standard InChI is InChI=1S/C21H36O/c1-3-4-5-6-7-8-9-10-11-12-13-14-17-20-18-15-16-19-21(20)22-2/h15-16,18-19H,3-14,17H2,1-2H3. The second-order valence-corrected chi connectivity index (χ2v) is 6.45. The van der Waals surface area contributed by atoms with Crippen molar-refractivity contribution < 1.29 is 4.74 Å². The molecular weight excluding hydrogens is 268 g/mol. The molecule has 0 aliphatic heterocycles. The van der Waals surface area contributed by atoms with Crippen molar-refractivity contribution in [1.82, 2.24) is 0 Å². The van der Waals surface area contributed by atoms with Crippen LogP contribution in [0.25, 0.3) is 0 Å². The highest BCUT2D eigenvalue weighted by atomic mass is 16.5. The van der Waals surface area contributed by atoms with Crippen LogP contribution in [-0.2, 0) is 6.42 Å². The predicted molar refractivity (Wildman–Crippen MR) is 97.8 cm³/mol. The van der Waals surface area contributed by atoms with Gasteiger partial charge in [-0.2, -0.15) is 0 Å². The summed E-state index contributed by atoms with van der Waals surface area (Å²) in [5, 5.41) is 0. The van der Waals surface area contributed by atoms with Gasteiger partial charge in [0.25, 0.3) is 0 Å². The van der Waals surface area contributed by atoms with Crippen molar-refractivity contribution in [3.8, 4) is 5.75 Å². The molecule has 1 aromatic rings. The van der Waals surface area contributed by atoms with Crippen molar-refractivity contribution in [3.63, 3.8) is 0 Å². The van der Waals surface area contributed by atoms with Crippen LogP contribution >= 0.6 is 0 Å². The predicted octanol–water partition coefficient (Wildman–Crippen LogP) is 6.94. The Morgan fingerprint density at radius 3 is 1.73 bits per heavy atom. The minimum atomic E-state index is 1.05. The molecule has 0 saturated carbocycles. The van der Waals surface area contributed by atoms with Gasteiger partial charge in [-0.25, -0.2) is 0 Å². The molecule has 0 amide bonds. The number of benzene rings is 1. The van der Waals surface area contributed by atoms with E-state index >= 15 is 0 Å². The van der Waals surface area contributed by atoms with Crippen LogP contribution in [0.4, 0.5) is 0 Å². The quantitative estimate of drug-likeness (QED) is 0.338. The fourth-order valence-electron chi connectivity index (χ4n) is 3.07. The van der Waals surface area contributed by atoms with Crippen LogP contribution in [0.5, 0.6) is 5.75 Å². The van der Waals surface area contributed by atoms with Crippen molar-refractivity contribution in [2.24, 2.45) is 0 Å². The zero-order chi connectivity index (χ0) is 15.9. The number of hydrogen-bond donors (Lipinski definition) is 0. The molecule has 1 rings (SSSR count). The molecule has 0 unspecified atom stereocenters. The summed E-state index contributed by atoms with van der Waals surface area (Å²) in [5.74, 6) is 1.05. The van der Waals surface area contributed by atoms with E-state index in [4.69, 9.17) is 4.74 Å². The van der Waals surface area contributed by atoms with Gasteiger partial charge in [-0.15, -0.1) is 0 Å². The number of unbranched alkanes of at least 4 members (excludes halogenated alkanes) is 11. The fourth-order valence-corrected chi connectivity index (χ4v) is 3.07. The van der Waals surface area contributed by atoms with E-state index in [9.17, 15) is 0 Å². The molecular formula is C21H36O. The summed E-state index contributed by atoms with van der Waals surface area (Å²) >= 11 is 0. The maximum Gasteiger partial charge on any atom is 0.122 e. The van der Waals surface area contributed by atoms with E-state index in [0.717, 1.165) is 12.2 Å². The van der Waals surface area contributed by atoms with Gasteiger partial charge in [-0.1, -0.05) is 95.8 Å². The molecule has 1 heteroatoms. The number of aryl methyl sites for hydroxylation is 1. The Labute approximate surface area is 138 Å². The van der Waals surface area contributed by atoms with E-state index in [1.54, 1.807) is 7.11 Å². The van der Waals surface area contributed by atoms with Crippen LogP contribution in [0.1, 0.15) is 89.5 Å². The number of methoxy groups -OCH3 is 1. The Morgan fingerprint density at radius 1 is 0.682 bits per heavy atom. The van der Waals surface area contributed by atoms with E-state index in [1.165, 1.54) is 82.6 Å². The van der Waals surface area contributed by atoms with Crippen molar-refractivity contribution in [2.45, 2.75) is 90.4 Å². The van der Waals surface area contributed by atoms with Gasteiger partial charge in [0.2, 0.25) is 0 Å². The second-order valence-electron chi connectivity index (χ2n) is 6.45. The Balaban J connectivity index is 1.89. The number of para-hydroxylation sites is 1. The average Bonchev–Trinajstić information content (AvgIpc) is 2.56. The summed E-state index contributed by atoms with van der Waals surface area (Å²) in [5.41, 5.74) is 1.36. The molecule has 1 nitrogen and oxygen atoms in total. The first kappa shape index (κ1) is 19.1. The molecule has 0 heterocycles. The van der Waals surface area contributed by atoms with E-state index in [-0.39, 0.29) is 0 Å². The van der Waals surface area contributed by atoms with Crippen molar-refractivity contribution in [1.29, 1.82) is 0 Å². The molecule has 126 valence electrons. The zero-order valence-corrected chi connectivity index (χ0v) is 14.9. The molecule has 0 aliphatic carbocycles. The molecule has 0 bridgehead atoms. The molecule has 0 radical (unpaired) electrons. The first-order valence-corrected chi connectivity index (χ1v) is 9.50. The van der Waals surface area contributed by atoms with E-state index < -0.39 is 0 Å². The third-order valence-corrected chi connectivity index (χ3v) is 4.49. The number of rotatable bonds is 14. The molecule has 0 saturated heterocycles. The highest BCUT2D eigenvalue weighted by Gasteiger charge is 2.01. The largest absolute Gasteiger partial charge is 0.496 e. The maximum absolute atomic E-state index is 5.40. The molecule has 22 heavy (non-hydrogen) atoms. The summed E-state index contributed by atoms with van der Waals surface area (Å²) in [7, 11) is 1.76. The van der Waals surface area contributed by atoms with Crippen molar-refractivity contribution in [3.05, 3.63) is 29.8 Å². The summed E-state index contributed by atoms with van der Waals surface area (Å²) in [6.45, 7) is 2.29. The average molecular weight is 305 g/mol. The lowest BCUT2D eigenvalue weighted by Crippen LogP contribution is -1.92. The van der Waals surface area contributed by atoms with Crippen molar-refractivity contribution >= 4 is 0 Å². The van der Waals surface area contributed by atoms with Gasteiger partial charge in [-0.3, -0.25) is 0 Å². The van der Waals surface area contributed by atoms with Gasteiger partial charge in [-0.05, 0) is 24.5 Å².